The fourth-order valence-corrected chi connectivity index (χ4v) is 1.86. The Morgan fingerprint density at radius 3 is 2.76 bits per heavy atom. The molecule has 88 valence electrons. The Kier molecular flexibility index (Phi) is 3.71. The van der Waals surface area contributed by atoms with Crippen LogP contribution in [-0.2, 0) is 6.42 Å². The molecule has 1 atom stereocenters. The summed E-state index contributed by atoms with van der Waals surface area (Å²) in [5.41, 5.74) is 7.62. The predicted octanol–water partition coefficient (Wildman–Crippen LogP) is 3.12. The van der Waals surface area contributed by atoms with Crippen LogP contribution in [0.15, 0.2) is 42.7 Å². The molecule has 1 aromatic carbocycles. The zero-order valence-corrected chi connectivity index (χ0v) is 9.86. The van der Waals surface area contributed by atoms with Crippen molar-refractivity contribution in [1.82, 2.24) is 4.98 Å². The molecule has 0 amide bonds. The number of hydrogen-bond acceptors (Lipinski definition) is 2. The smallest absolute Gasteiger partial charge is 0.141 e. The third kappa shape index (κ3) is 3.02. The van der Waals surface area contributed by atoms with Crippen molar-refractivity contribution >= 4 is 11.6 Å². The second kappa shape index (κ2) is 5.25. The highest BCUT2D eigenvalue weighted by atomic mass is 35.5. The molecule has 0 aliphatic heterocycles. The van der Waals surface area contributed by atoms with Gasteiger partial charge in [0.15, 0.2) is 0 Å². The van der Waals surface area contributed by atoms with Gasteiger partial charge in [0.1, 0.15) is 5.82 Å². The lowest BCUT2D eigenvalue weighted by molar-refractivity contribution is 0.610. The summed E-state index contributed by atoms with van der Waals surface area (Å²) in [5, 5.41) is 0.673. The molecule has 1 unspecified atom stereocenters. The maximum Gasteiger partial charge on any atom is 0.141 e. The minimum atomic E-state index is -0.378. The molecule has 0 saturated heterocycles. The summed E-state index contributed by atoms with van der Waals surface area (Å²) in [5.74, 6) is -0.378. The van der Waals surface area contributed by atoms with Crippen LogP contribution in [0.5, 0.6) is 0 Å². The average molecular weight is 251 g/mol. The highest BCUT2D eigenvalue weighted by molar-refractivity contribution is 6.31. The van der Waals surface area contributed by atoms with E-state index < -0.39 is 0 Å². The van der Waals surface area contributed by atoms with Crippen LogP contribution in [-0.4, -0.2) is 4.98 Å². The first kappa shape index (κ1) is 12.0. The van der Waals surface area contributed by atoms with Crippen LogP contribution in [0.4, 0.5) is 4.39 Å². The van der Waals surface area contributed by atoms with Gasteiger partial charge in [-0.25, -0.2) is 4.39 Å². The van der Waals surface area contributed by atoms with Gasteiger partial charge < -0.3 is 5.73 Å². The second-order valence-corrected chi connectivity index (χ2v) is 4.25. The number of aromatic nitrogens is 1. The van der Waals surface area contributed by atoms with Crippen molar-refractivity contribution in [2.45, 2.75) is 12.5 Å². The Bertz CT molecular complexity index is 516. The van der Waals surface area contributed by atoms with E-state index in [4.69, 9.17) is 17.3 Å². The third-order valence-corrected chi connectivity index (χ3v) is 2.92. The molecule has 2 rings (SSSR count). The molecule has 0 bridgehead atoms. The number of halogens is 2. The minimum absolute atomic E-state index is 0.307. The fourth-order valence-electron chi connectivity index (χ4n) is 1.65. The molecule has 1 aromatic heterocycles. The van der Waals surface area contributed by atoms with Crippen LogP contribution in [0.3, 0.4) is 0 Å². The largest absolute Gasteiger partial charge is 0.324 e. The number of benzene rings is 1. The SMILES string of the molecule is NC(Cc1ccccc1Cl)c1cncc(F)c1. The number of nitrogens with two attached hydrogens (primary N) is 1. The fraction of sp³-hybridized carbons (Fsp3) is 0.154. The first-order chi connectivity index (χ1) is 8.16. The van der Waals surface area contributed by atoms with E-state index in [0.717, 1.165) is 11.8 Å². The Balaban J connectivity index is 2.17. The molecule has 2 N–H and O–H groups in total. The summed E-state index contributed by atoms with van der Waals surface area (Å²) in [6.07, 6.45) is 3.29. The lowest BCUT2D eigenvalue weighted by Crippen LogP contribution is -2.14. The molecule has 17 heavy (non-hydrogen) atoms. The van der Waals surface area contributed by atoms with Crippen molar-refractivity contribution in [3.8, 4) is 0 Å². The van der Waals surface area contributed by atoms with Gasteiger partial charge in [0.25, 0.3) is 0 Å². The standard InChI is InChI=1S/C13H12ClFN2/c14-12-4-2-1-3-9(12)6-13(16)10-5-11(15)8-17-7-10/h1-5,7-8,13H,6,16H2. The summed E-state index contributed by atoms with van der Waals surface area (Å²) in [4.78, 5) is 3.78. The summed E-state index contributed by atoms with van der Waals surface area (Å²) < 4.78 is 13.0. The van der Waals surface area contributed by atoms with E-state index in [2.05, 4.69) is 4.98 Å². The van der Waals surface area contributed by atoms with Crippen LogP contribution >= 0.6 is 11.6 Å². The molecule has 0 fully saturated rings. The van der Waals surface area contributed by atoms with E-state index >= 15 is 0 Å². The van der Waals surface area contributed by atoms with E-state index in [9.17, 15) is 4.39 Å². The van der Waals surface area contributed by atoms with Crippen molar-refractivity contribution in [3.05, 3.63) is 64.7 Å². The third-order valence-electron chi connectivity index (χ3n) is 2.55. The zero-order valence-electron chi connectivity index (χ0n) is 9.11. The van der Waals surface area contributed by atoms with Gasteiger partial charge in [0.05, 0.1) is 6.20 Å². The van der Waals surface area contributed by atoms with Crippen LogP contribution < -0.4 is 5.73 Å². The average Bonchev–Trinajstić information content (AvgIpc) is 2.32. The van der Waals surface area contributed by atoms with E-state index in [-0.39, 0.29) is 11.9 Å². The van der Waals surface area contributed by atoms with Crippen molar-refractivity contribution in [3.63, 3.8) is 0 Å². The molecule has 0 spiro atoms. The Morgan fingerprint density at radius 1 is 1.29 bits per heavy atom. The van der Waals surface area contributed by atoms with Crippen molar-refractivity contribution < 1.29 is 4.39 Å². The molecule has 4 heteroatoms. The molecule has 0 aliphatic rings. The van der Waals surface area contributed by atoms with Gasteiger partial charge in [-0.2, -0.15) is 0 Å². The Morgan fingerprint density at radius 2 is 2.06 bits per heavy atom. The first-order valence-electron chi connectivity index (χ1n) is 5.26. The number of hydrogen-bond donors (Lipinski definition) is 1. The number of pyridine rings is 1. The Labute approximate surface area is 104 Å². The highest BCUT2D eigenvalue weighted by Crippen LogP contribution is 2.21. The minimum Gasteiger partial charge on any atom is -0.324 e. The quantitative estimate of drug-likeness (QED) is 0.909. The van der Waals surface area contributed by atoms with Crippen LogP contribution in [0.2, 0.25) is 5.02 Å². The molecule has 2 aromatic rings. The van der Waals surface area contributed by atoms with Crippen LogP contribution in [0.25, 0.3) is 0 Å². The van der Waals surface area contributed by atoms with E-state index in [1.54, 1.807) is 6.20 Å². The number of rotatable bonds is 3. The van der Waals surface area contributed by atoms with Crippen molar-refractivity contribution in [1.29, 1.82) is 0 Å². The van der Waals surface area contributed by atoms with Gasteiger partial charge in [-0.3, -0.25) is 4.98 Å². The molecular weight excluding hydrogens is 239 g/mol. The second-order valence-electron chi connectivity index (χ2n) is 3.84. The molecule has 0 aliphatic carbocycles. The molecule has 2 nitrogen and oxygen atoms in total. The summed E-state index contributed by atoms with van der Waals surface area (Å²) >= 11 is 6.04. The van der Waals surface area contributed by atoms with E-state index in [1.807, 2.05) is 24.3 Å². The molecule has 1 heterocycles. The Hall–Kier alpha value is -1.45. The monoisotopic (exact) mass is 250 g/mol. The molecule has 0 radical (unpaired) electrons. The van der Waals surface area contributed by atoms with E-state index in [0.29, 0.717) is 17.0 Å². The van der Waals surface area contributed by atoms with Gasteiger partial charge in [0.2, 0.25) is 0 Å². The van der Waals surface area contributed by atoms with E-state index in [1.165, 1.54) is 6.07 Å². The van der Waals surface area contributed by atoms with Crippen molar-refractivity contribution in [2.24, 2.45) is 5.73 Å². The summed E-state index contributed by atoms with van der Waals surface area (Å²) in [6, 6.07) is 8.58. The summed E-state index contributed by atoms with van der Waals surface area (Å²) in [7, 11) is 0. The zero-order chi connectivity index (χ0) is 12.3. The van der Waals surface area contributed by atoms with Gasteiger partial charge in [-0.1, -0.05) is 29.8 Å². The number of nitrogens with zero attached hydrogens (tertiary/aromatic N) is 1. The summed E-state index contributed by atoms with van der Waals surface area (Å²) in [6.45, 7) is 0. The lowest BCUT2D eigenvalue weighted by Gasteiger charge is -2.12. The maximum absolute atomic E-state index is 13.0. The molecule has 0 saturated carbocycles. The first-order valence-corrected chi connectivity index (χ1v) is 5.64. The topological polar surface area (TPSA) is 38.9 Å². The van der Waals surface area contributed by atoms with Gasteiger partial charge >= 0.3 is 0 Å². The predicted molar refractivity (Wildman–Crippen MR) is 66.3 cm³/mol. The highest BCUT2D eigenvalue weighted by Gasteiger charge is 2.10. The van der Waals surface area contributed by atoms with Gasteiger partial charge in [-0.05, 0) is 29.7 Å². The van der Waals surface area contributed by atoms with Gasteiger partial charge in [-0.15, -0.1) is 0 Å². The lowest BCUT2D eigenvalue weighted by atomic mass is 10.0. The van der Waals surface area contributed by atoms with Gasteiger partial charge in [0, 0.05) is 17.3 Å². The van der Waals surface area contributed by atoms with Crippen molar-refractivity contribution in [2.75, 3.05) is 0 Å². The molecular formula is C13H12ClFN2. The normalized spacial score (nSPS) is 12.4. The van der Waals surface area contributed by atoms with Crippen LogP contribution in [0, 0.1) is 5.82 Å². The maximum atomic E-state index is 13.0. The van der Waals surface area contributed by atoms with Crippen LogP contribution in [0.1, 0.15) is 17.2 Å².